The van der Waals surface area contributed by atoms with Crippen LogP contribution in [0.5, 0.6) is 5.75 Å². The van der Waals surface area contributed by atoms with Gasteiger partial charge in [0.1, 0.15) is 18.4 Å². The lowest BCUT2D eigenvalue weighted by Crippen LogP contribution is -2.48. The molecule has 0 spiro atoms. The summed E-state index contributed by atoms with van der Waals surface area (Å²) in [5.74, 6) is -0.243. The van der Waals surface area contributed by atoms with Gasteiger partial charge in [-0.3, -0.25) is 9.59 Å². The SMILES string of the molecule is CC(C)C(NC(=O)c1ccccc1)C(=O)NN=Cc1ccc(OCc2ccccc2C#N)c(Br)c1. The molecule has 3 aromatic carbocycles. The van der Waals surface area contributed by atoms with Crippen molar-refractivity contribution in [3.8, 4) is 11.8 Å². The maximum atomic E-state index is 12.6. The number of amides is 2. The summed E-state index contributed by atoms with van der Waals surface area (Å²) < 4.78 is 6.55. The van der Waals surface area contributed by atoms with E-state index in [2.05, 4.69) is 37.8 Å². The summed E-state index contributed by atoms with van der Waals surface area (Å²) in [6.45, 7) is 3.96. The van der Waals surface area contributed by atoms with Crippen LogP contribution in [0.1, 0.15) is 40.9 Å². The highest BCUT2D eigenvalue weighted by molar-refractivity contribution is 9.10. The van der Waals surface area contributed by atoms with Crippen LogP contribution in [0.15, 0.2) is 82.4 Å². The third-order valence-corrected chi connectivity index (χ3v) is 5.76. The third kappa shape index (κ3) is 7.26. The Morgan fingerprint density at radius 3 is 2.49 bits per heavy atom. The Bertz CT molecular complexity index is 1250. The Labute approximate surface area is 212 Å². The van der Waals surface area contributed by atoms with Crippen LogP contribution in [0.3, 0.4) is 0 Å². The molecule has 0 fully saturated rings. The van der Waals surface area contributed by atoms with Crippen molar-refractivity contribution in [1.82, 2.24) is 10.7 Å². The normalized spacial score (nSPS) is 11.6. The first kappa shape index (κ1) is 25.7. The van der Waals surface area contributed by atoms with Crippen LogP contribution >= 0.6 is 15.9 Å². The van der Waals surface area contributed by atoms with E-state index in [-0.39, 0.29) is 18.4 Å². The highest BCUT2D eigenvalue weighted by Gasteiger charge is 2.24. The van der Waals surface area contributed by atoms with Gasteiger partial charge in [-0.1, -0.05) is 50.2 Å². The highest BCUT2D eigenvalue weighted by atomic mass is 79.9. The average molecular weight is 533 g/mol. The molecule has 2 N–H and O–H groups in total. The van der Waals surface area contributed by atoms with E-state index in [1.54, 1.807) is 48.5 Å². The minimum Gasteiger partial charge on any atom is -0.488 e. The second-order valence-corrected chi connectivity index (χ2v) is 8.90. The second-order valence-electron chi connectivity index (χ2n) is 8.04. The Hall–Kier alpha value is -3.96. The lowest BCUT2D eigenvalue weighted by atomic mass is 10.0. The summed E-state index contributed by atoms with van der Waals surface area (Å²) in [6, 6.07) is 22.8. The van der Waals surface area contributed by atoms with Gasteiger partial charge >= 0.3 is 0 Å². The Kier molecular flexibility index (Phi) is 9.16. The number of carbonyl (C=O) groups excluding carboxylic acids is 2. The van der Waals surface area contributed by atoms with Crippen LogP contribution in [0.25, 0.3) is 0 Å². The van der Waals surface area contributed by atoms with Crippen molar-refractivity contribution in [1.29, 1.82) is 5.26 Å². The molecule has 0 saturated carbocycles. The number of ether oxygens (including phenoxy) is 1. The molecular formula is C27H25BrN4O3. The molecule has 8 heteroatoms. The van der Waals surface area contributed by atoms with Gasteiger partial charge in [-0.25, -0.2) is 5.43 Å². The summed E-state index contributed by atoms with van der Waals surface area (Å²) in [5.41, 5.74) is 5.09. The molecule has 0 bridgehead atoms. The fraction of sp³-hybridized carbons (Fsp3) is 0.185. The van der Waals surface area contributed by atoms with Crippen molar-refractivity contribution < 1.29 is 14.3 Å². The molecule has 7 nitrogen and oxygen atoms in total. The number of hydrogen-bond donors (Lipinski definition) is 2. The molecule has 178 valence electrons. The summed E-state index contributed by atoms with van der Waals surface area (Å²) >= 11 is 3.48. The van der Waals surface area contributed by atoms with Gasteiger partial charge in [0.05, 0.1) is 22.3 Å². The molecule has 0 saturated heterocycles. The fourth-order valence-corrected chi connectivity index (χ4v) is 3.73. The van der Waals surface area contributed by atoms with Crippen LogP contribution in [0, 0.1) is 17.2 Å². The number of carbonyl (C=O) groups is 2. The van der Waals surface area contributed by atoms with Gasteiger partial charge in [-0.2, -0.15) is 10.4 Å². The average Bonchev–Trinajstić information content (AvgIpc) is 2.87. The number of hydrogen-bond acceptors (Lipinski definition) is 5. The minimum atomic E-state index is -0.737. The zero-order chi connectivity index (χ0) is 25.2. The van der Waals surface area contributed by atoms with Crippen molar-refractivity contribution in [2.75, 3.05) is 0 Å². The molecule has 3 aromatic rings. The molecular weight excluding hydrogens is 508 g/mol. The predicted molar refractivity (Wildman–Crippen MR) is 138 cm³/mol. The summed E-state index contributed by atoms with van der Waals surface area (Å²) in [5, 5.41) is 16.0. The molecule has 35 heavy (non-hydrogen) atoms. The largest absolute Gasteiger partial charge is 0.488 e. The van der Waals surface area contributed by atoms with Crippen LogP contribution in [-0.4, -0.2) is 24.1 Å². The number of nitrogens with zero attached hydrogens (tertiary/aromatic N) is 2. The van der Waals surface area contributed by atoms with E-state index in [9.17, 15) is 14.9 Å². The van der Waals surface area contributed by atoms with Gasteiger partial charge < -0.3 is 10.1 Å². The van der Waals surface area contributed by atoms with Gasteiger partial charge in [-0.05, 0) is 63.8 Å². The maximum absolute atomic E-state index is 12.6. The maximum Gasteiger partial charge on any atom is 0.262 e. The van der Waals surface area contributed by atoms with Crippen molar-refractivity contribution in [3.63, 3.8) is 0 Å². The predicted octanol–water partition coefficient (Wildman–Crippen LogP) is 4.80. The molecule has 0 radical (unpaired) electrons. The van der Waals surface area contributed by atoms with E-state index in [1.165, 1.54) is 6.21 Å². The molecule has 0 heterocycles. The topological polar surface area (TPSA) is 104 Å². The molecule has 2 amide bonds. The number of hydrazone groups is 1. The quantitative estimate of drug-likeness (QED) is 0.305. The van der Waals surface area contributed by atoms with Crippen molar-refractivity contribution in [3.05, 3.63) is 99.5 Å². The first-order valence-corrected chi connectivity index (χ1v) is 11.8. The Morgan fingerprint density at radius 1 is 1.09 bits per heavy atom. The lowest BCUT2D eigenvalue weighted by Gasteiger charge is -2.20. The van der Waals surface area contributed by atoms with Crippen LogP contribution < -0.4 is 15.5 Å². The first-order chi connectivity index (χ1) is 16.9. The van der Waals surface area contributed by atoms with E-state index >= 15 is 0 Å². The molecule has 0 aliphatic heterocycles. The smallest absolute Gasteiger partial charge is 0.262 e. The third-order valence-electron chi connectivity index (χ3n) is 5.14. The standard InChI is InChI=1S/C27H25BrN4O3/c1-18(2)25(31-26(33)20-8-4-3-5-9-20)27(34)32-30-16-19-12-13-24(23(28)14-19)35-17-22-11-7-6-10-21(22)15-29/h3-14,16,18,25H,17H2,1-2H3,(H,31,33)(H,32,34). The lowest BCUT2D eigenvalue weighted by molar-refractivity contribution is -0.123. The summed E-state index contributed by atoms with van der Waals surface area (Å²) in [7, 11) is 0. The summed E-state index contributed by atoms with van der Waals surface area (Å²) in [6.07, 6.45) is 1.51. The Morgan fingerprint density at radius 2 is 1.80 bits per heavy atom. The minimum absolute atomic E-state index is 0.130. The van der Waals surface area contributed by atoms with E-state index in [0.717, 1.165) is 11.1 Å². The number of nitriles is 1. The van der Waals surface area contributed by atoms with E-state index < -0.39 is 11.9 Å². The zero-order valence-corrected chi connectivity index (χ0v) is 21.0. The van der Waals surface area contributed by atoms with E-state index in [1.807, 2.05) is 38.1 Å². The fourth-order valence-electron chi connectivity index (χ4n) is 3.21. The van der Waals surface area contributed by atoms with Crippen molar-refractivity contribution in [2.24, 2.45) is 11.0 Å². The van der Waals surface area contributed by atoms with E-state index in [4.69, 9.17) is 4.74 Å². The second kappa shape index (κ2) is 12.5. The highest BCUT2D eigenvalue weighted by Crippen LogP contribution is 2.26. The van der Waals surface area contributed by atoms with E-state index in [0.29, 0.717) is 21.3 Å². The van der Waals surface area contributed by atoms with Gasteiger partial charge in [-0.15, -0.1) is 0 Å². The molecule has 1 atom stereocenters. The number of rotatable bonds is 9. The monoisotopic (exact) mass is 532 g/mol. The summed E-state index contributed by atoms with van der Waals surface area (Å²) in [4.78, 5) is 25.1. The van der Waals surface area contributed by atoms with Crippen molar-refractivity contribution >= 4 is 34.0 Å². The number of halogens is 1. The molecule has 1 unspecified atom stereocenters. The van der Waals surface area contributed by atoms with Gasteiger partial charge in [0.2, 0.25) is 0 Å². The molecule has 0 aliphatic rings. The van der Waals surface area contributed by atoms with Crippen LogP contribution in [0.4, 0.5) is 0 Å². The van der Waals surface area contributed by atoms with Gasteiger partial charge in [0.15, 0.2) is 0 Å². The number of nitrogens with one attached hydrogen (secondary N) is 2. The molecule has 0 aliphatic carbocycles. The zero-order valence-electron chi connectivity index (χ0n) is 19.4. The van der Waals surface area contributed by atoms with Crippen LogP contribution in [-0.2, 0) is 11.4 Å². The van der Waals surface area contributed by atoms with Crippen LogP contribution in [0.2, 0.25) is 0 Å². The van der Waals surface area contributed by atoms with Gasteiger partial charge in [0, 0.05) is 11.1 Å². The Balaban J connectivity index is 1.58. The number of benzene rings is 3. The molecule has 0 aromatic heterocycles. The van der Waals surface area contributed by atoms with Gasteiger partial charge in [0.25, 0.3) is 11.8 Å². The first-order valence-electron chi connectivity index (χ1n) is 11.0. The molecule has 3 rings (SSSR count). The van der Waals surface area contributed by atoms with Crippen molar-refractivity contribution in [2.45, 2.75) is 26.5 Å².